The van der Waals surface area contributed by atoms with Crippen molar-refractivity contribution in [3.8, 4) is 11.8 Å². The Labute approximate surface area is 279 Å². The van der Waals surface area contributed by atoms with Crippen molar-refractivity contribution in [2.45, 2.75) is 25.9 Å². The number of nitrogens with one attached hydrogen (secondary N) is 7. The average Bonchev–Trinajstić information content (AvgIpc) is 3.77. The highest BCUT2D eigenvalue weighted by molar-refractivity contribution is 7.87. The van der Waals surface area contributed by atoms with Crippen LogP contribution in [0, 0.1) is 11.8 Å². The number of rotatable bonds is 15. The van der Waals surface area contributed by atoms with Crippen LogP contribution in [0.4, 0.5) is 0 Å². The molecule has 1 aromatic carbocycles. The molecule has 15 nitrogen and oxygen atoms in total. The van der Waals surface area contributed by atoms with E-state index in [4.69, 9.17) is 5.73 Å². The van der Waals surface area contributed by atoms with Gasteiger partial charge in [-0.1, -0.05) is 24.1 Å². The summed E-state index contributed by atoms with van der Waals surface area (Å²) < 4.78 is 57.4. The zero-order valence-electron chi connectivity index (χ0n) is 26.0. The van der Waals surface area contributed by atoms with Crippen molar-refractivity contribution in [2.24, 2.45) is 5.73 Å². The van der Waals surface area contributed by atoms with Crippen molar-refractivity contribution < 1.29 is 21.6 Å². The van der Waals surface area contributed by atoms with Crippen LogP contribution in [0.3, 0.4) is 0 Å². The van der Waals surface area contributed by atoms with Gasteiger partial charge in [0.25, 0.3) is 26.3 Å². The van der Waals surface area contributed by atoms with Crippen LogP contribution in [0.1, 0.15) is 29.5 Å². The van der Waals surface area contributed by atoms with E-state index in [0.717, 1.165) is 33.1 Å². The van der Waals surface area contributed by atoms with Crippen molar-refractivity contribution >= 4 is 48.4 Å². The molecule has 5 aromatic rings. The Bertz CT molecular complexity index is 2050. The molecule has 0 saturated carbocycles. The molecule has 0 spiro atoms. The second-order valence-corrected chi connectivity index (χ2v) is 13.4. The molecule has 0 saturated heterocycles. The Kier molecular flexibility index (Phi) is 13.6. The number of aromatic nitrogens is 4. The Balaban J connectivity index is 0.000000237. The molecule has 4 aromatic heterocycles. The summed E-state index contributed by atoms with van der Waals surface area (Å²) in [5.41, 5.74) is 9.21. The van der Waals surface area contributed by atoms with Crippen molar-refractivity contribution in [1.82, 2.24) is 44.1 Å². The van der Waals surface area contributed by atoms with E-state index in [2.05, 4.69) is 56.0 Å². The highest BCUT2D eigenvalue weighted by atomic mass is 32.2. The van der Waals surface area contributed by atoms with Gasteiger partial charge in [0.1, 0.15) is 11.3 Å². The van der Waals surface area contributed by atoms with Crippen LogP contribution >= 0.6 is 0 Å². The molecule has 5 rings (SSSR count). The highest BCUT2D eigenvalue weighted by Crippen LogP contribution is 2.15. The summed E-state index contributed by atoms with van der Waals surface area (Å²) >= 11 is 0. The highest BCUT2D eigenvalue weighted by Gasteiger charge is 2.11. The maximum absolute atomic E-state index is 12.1. The molecule has 9 N–H and O–H groups in total. The lowest BCUT2D eigenvalue weighted by atomic mass is 10.2. The number of nitrogens with two attached hydrogens (primary N) is 1. The first-order chi connectivity index (χ1) is 23.2. The number of pyridine rings is 2. The van der Waals surface area contributed by atoms with Crippen LogP contribution in [0.25, 0.3) is 22.1 Å². The molecular weight excluding hydrogens is 657 g/mol. The van der Waals surface area contributed by atoms with Gasteiger partial charge in [0, 0.05) is 79.8 Å². The minimum Gasteiger partial charge on any atom is -0.346 e. The predicted octanol–water partition coefficient (Wildman–Crippen LogP) is 0.881. The monoisotopic (exact) mass is 694 g/mol. The number of carbonyl (C=O) groups is 1. The Hall–Kier alpha value is -4.67. The third kappa shape index (κ3) is 11.8. The molecule has 0 unspecified atom stereocenters. The van der Waals surface area contributed by atoms with Crippen LogP contribution in [0.15, 0.2) is 79.4 Å². The second kappa shape index (κ2) is 18.0. The maximum Gasteiger partial charge on any atom is 0.296 e. The molecule has 0 aliphatic carbocycles. The van der Waals surface area contributed by atoms with Crippen molar-refractivity contribution in [2.75, 3.05) is 26.2 Å². The maximum atomic E-state index is 12.1. The first kappa shape index (κ1) is 36.2. The van der Waals surface area contributed by atoms with E-state index in [0.29, 0.717) is 38.1 Å². The molecular formula is C31H38N10O5S2. The Morgan fingerprint density at radius 1 is 0.708 bits per heavy atom. The number of hydrogen-bond acceptors (Lipinski definition) is 8. The minimum atomic E-state index is -3.65. The fourth-order valence-electron chi connectivity index (χ4n) is 4.29. The number of nitrogens with zero attached hydrogens (tertiary/aromatic N) is 2. The number of benzene rings is 1. The first-order valence-corrected chi connectivity index (χ1v) is 18.0. The normalized spacial score (nSPS) is 11.4. The lowest BCUT2D eigenvalue weighted by Gasteiger charge is -2.09. The topological polar surface area (TPSA) is 229 Å². The van der Waals surface area contributed by atoms with Gasteiger partial charge in [0.05, 0.1) is 0 Å². The summed E-state index contributed by atoms with van der Waals surface area (Å²) in [7, 11) is -7.14. The van der Waals surface area contributed by atoms with E-state index in [9.17, 15) is 21.6 Å². The first-order valence-electron chi connectivity index (χ1n) is 15.0. The molecule has 0 radical (unpaired) electrons. The second-order valence-electron chi connectivity index (χ2n) is 10.2. The van der Waals surface area contributed by atoms with Gasteiger partial charge in [-0.2, -0.15) is 26.3 Å². The zero-order valence-corrected chi connectivity index (χ0v) is 27.6. The van der Waals surface area contributed by atoms with Crippen molar-refractivity contribution in [3.63, 3.8) is 0 Å². The average molecular weight is 695 g/mol. The minimum absolute atomic E-state index is 0.151. The van der Waals surface area contributed by atoms with Gasteiger partial charge in [0.15, 0.2) is 0 Å². The fraction of sp³-hybridized carbons (Fsp3) is 0.258. The standard InChI is InChI=1S/C20H21N5O3S.C11H17N5O2S/c26-19(8-7-16-5-2-1-3-6-16)21-11-4-12-24-29(27,28)25-15-17-9-13-22-20-18(17)10-14-23-20;12-4-1-5-15-19(17,18)16-8-9-2-6-13-11-10(9)3-7-14-11/h1-3,5-6,9-10,13-14,24-25H,4,11-12,15H2,(H,21,26)(H,22,23);2-3,6-7,15-16H,1,4-5,8,12H2,(H,13,14). The lowest BCUT2D eigenvalue weighted by Crippen LogP contribution is -2.37. The summed E-state index contributed by atoms with van der Waals surface area (Å²) in [6, 6.07) is 16.5. The smallest absolute Gasteiger partial charge is 0.296 e. The fourth-order valence-corrected chi connectivity index (χ4v) is 6.01. The molecule has 0 aliphatic heterocycles. The zero-order chi connectivity index (χ0) is 34.2. The predicted molar refractivity (Wildman–Crippen MR) is 184 cm³/mol. The summed E-state index contributed by atoms with van der Waals surface area (Å²) in [4.78, 5) is 26.0. The number of carbonyl (C=O) groups excluding carboxylic acids is 1. The van der Waals surface area contributed by atoms with Crippen LogP contribution in [-0.2, 0) is 38.3 Å². The van der Waals surface area contributed by atoms with E-state index in [1.807, 2.05) is 42.5 Å². The summed E-state index contributed by atoms with van der Waals surface area (Å²) in [5, 5.41) is 4.42. The quantitative estimate of drug-likeness (QED) is 0.0578. The number of H-pyrrole nitrogens is 2. The molecule has 254 valence electrons. The van der Waals surface area contributed by atoms with Gasteiger partial charge >= 0.3 is 0 Å². The molecule has 0 aliphatic rings. The van der Waals surface area contributed by atoms with Crippen LogP contribution < -0.4 is 29.9 Å². The number of aromatic amines is 2. The van der Waals surface area contributed by atoms with Gasteiger partial charge in [-0.05, 0) is 66.9 Å². The van der Waals surface area contributed by atoms with Gasteiger partial charge in [-0.3, -0.25) is 4.79 Å². The van der Waals surface area contributed by atoms with E-state index in [1.54, 1.807) is 36.9 Å². The van der Waals surface area contributed by atoms with E-state index in [1.165, 1.54) is 0 Å². The largest absolute Gasteiger partial charge is 0.346 e. The number of amides is 1. The molecule has 17 heteroatoms. The number of hydrogen-bond donors (Lipinski definition) is 8. The summed E-state index contributed by atoms with van der Waals surface area (Å²) in [6.45, 7) is 1.67. The van der Waals surface area contributed by atoms with E-state index in [-0.39, 0.29) is 19.6 Å². The van der Waals surface area contributed by atoms with Crippen molar-refractivity contribution in [3.05, 3.63) is 96.1 Å². The van der Waals surface area contributed by atoms with Crippen LogP contribution in [0.2, 0.25) is 0 Å². The Morgan fingerprint density at radius 3 is 1.79 bits per heavy atom. The molecule has 48 heavy (non-hydrogen) atoms. The van der Waals surface area contributed by atoms with Gasteiger partial charge in [0.2, 0.25) is 0 Å². The SMILES string of the molecule is NCCCNS(=O)(=O)NCc1ccnc2[nH]ccc12.O=C(C#Cc1ccccc1)NCCCNS(=O)(=O)NCc1ccnc2[nH]ccc12. The molecule has 0 fully saturated rings. The van der Waals surface area contributed by atoms with Crippen molar-refractivity contribution in [1.29, 1.82) is 0 Å². The summed E-state index contributed by atoms with van der Waals surface area (Å²) in [5.74, 6) is 4.86. The lowest BCUT2D eigenvalue weighted by molar-refractivity contribution is -0.115. The molecule has 0 bridgehead atoms. The van der Waals surface area contributed by atoms with Crippen LogP contribution in [0.5, 0.6) is 0 Å². The molecule has 4 heterocycles. The van der Waals surface area contributed by atoms with Gasteiger partial charge < -0.3 is 21.0 Å². The van der Waals surface area contributed by atoms with Crippen LogP contribution in [-0.4, -0.2) is 68.9 Å². The van der Waals surface area contributed by atoms with E-state index >= 15 is 0 Å². The number of fused-ring (bicyclic) bond motifs is 2. The third-order valence-corrected chi connectivity index (χ3v) is 8.92. The molecule has 1 amide bonds. The molecule has 0 atom stereocenters. The van der Waals surface area contributed by atoms with Gasteiger partial charge in [-0.25, -0.2) is 19.4 Å². The summed E-state index contributed by atoms with van der Waals surface area (Å²) in [6.07, 6.45) is 7.85. The third-order valence-electron chi connectivity index (χ3n) is 6.70. The van der Waals surface area contributed by atoms with Gasteiger partial charge in [-0.15, -0.1) is 0 Å². The Morgan fingerprint density at radius 2 is 1.25 bits per heavy atom. The van der Waals surface area contributed by atoms with E-state index < -0.39 is 26.3 Å².